The topological polar surface area (TPSA) is 0 Å². The van der Waals surface area contributed by atoms with Crippen LogP contribution in [0.4, 0.5) is 0 Å². The van der Waals surface area contributed by atoms with E-state index in [1.807, 2.05) is 0 Å². The van der Waals surface area contributed by atoms with E-state index >= 15 is 0 Å². The zero-order chi connectivity index (χ0) is 18.7. The molecule has 0 fully saturated rings. The van der Waals surface area contributed by atoms with Crippen LogP contribution in [0.25, 0.3) is 0 Å². The monoisotopic (exact) mass is 390 g/mol. The van der Waals surface area contributed by atoms with Crippen LogP contribution in [0.1, 0.15) is 56.1 Å². The van der Waals surface area contributed by atoms with Crippen LogP contribution in [-0.2, 0) is 12.6 Å². The Kier molecular flexibility index (Phi) is 8.65. The predicted octanol–water partition coefficient (Wildman–Crippen LogP) is 8.13. The van der Waals surface area contributed by atoms with Crippen LogP contribution in [0, 0.1) is 0 Å². The summed E-state index contributed by atoms with van der Waals surface area (Å²) < 4.78 is 0. The molecule has 144 valence electrons. The second-order valence-electron chi connectivity index (χ2n) is 8.59. The number of aryl methyl sites for hydroxylation is 1. The van der Waals surface area contributed by atoms with E-state index in [9.17, 15) is 0 Å². The van der Waals surface area contributed by atoms with E-state index in [1.54, 1.807) is 0 Å². The van der Waals surface area contributed by atoms with Gasteiger partial charge in [0.15, 0.2) is 0 Å². The summed E-state index contributed by atoms with van der Waals surface area (Å²) in [5.41, 5.74) is 2.87. The van der Waals surface area contributed by atoms with Crippen molar-refractivity contribution >= 4 is 17.2 Å². The van der Waals surface area contributed by atoms with Crippen molar-refractivity contribution in [2.75, 3.05) is 19.5 Å². The van der Waals surface area contributed by atoms with Crippen molar-refractivity contribution in [2.45, 2.75) is 57.5 Å². The average Bonchev–Trinajstić information content (AvgIpc) is 2.61. The quantitative estimate of drug-likeness (QED) is 0.253. The molecule has 0 saturated heterocycles. The molecular weight excluding hydrogens is 355 g/mol. The van der Waals surface area contributed by atoms with Gasteiger partial charge in [-0.2, -0.15) is 0 Å². The molecule has 0 amide bonds. The van der Waals surface area contributed by atoms with Crippen molar-refractivity contribution < 1.29 is 0 Å². The van der Waals surface area contributed by atoms with Gasteiger partial charge >= 0.3 is 160 Å². The van der Waals surface area contributed by atoms with Crippen molar-refractivity contribution in [3.63, 3.8) is 0 Å². The zero-order valence-electron chi connectivity index (χ0n) is 16.7. The second kappa shape index (κ2) is 10.5. The fourth-order valence-electron chi connectivity index (χ4n) is 3.68. The fraction of sp³-hybridized carbons (Fsp3) is 0.500. The van der Waals surface area contributed by atoms with Gasteiger partial charge in [0.1, 0.15) is 0 Å². The number of hydrogen-bond acceptors (Lipinski definition) is 0. The third-order valence-corrected chi connectivity index (χ3v) is 9.07. The maximum absolute atomic E-state index is 7.10. The van der Waals surface area contributed by atoms with E-state index in [-0.39, 0.29) is 0 Å². The molecule has 2 heteroatoms. The van der Waals surface area contributed by atoms with Crippen molar-refractivity contribution in [3.05, 3.63) is 71.8 Å². The van der Waals surface area contributed by atoms with Crippen LogP contribution >= 0.6 is 17.2 Å². The number of halogens is 1. The van der Waals surface area contributed by atoms with E-state index < -0.39 is 5.96 Å². The summed E-state index contributed by atoms with van der Waals surface area (Å²) in [5, 5.41) is 0. The molecule has 0 radical (unpaired) electrons. The Balaban J connectivity index is 1.52. The molecule has 0 bridgehead atoms. The molecule has 0 saturated carbocycles. The maximum atomic E-state index is 7.10. The first-order valence-corrected chi connectivity index (χ1v) is 14.6. The minimum atomic E-state index is -2.06. The number of hydrogen-bond donors (Lipinski definition) is 0. The summed E-state index contributed by atoms with van der Waals surface area (Å²) in [7, 11) is 0. The van der Waals surface area contributed by atoms with E-state index in [0.717, 1.165) is 6.16 Å². The summed E-state index contributed by atoms with van der Waals surface area (Å²) in [6, 6.07) is 21.6. The fourth-order valence-corrected chi connectivity index (χ4v) is 7.15. The first kappa shape index (κ1) is 21.5. The van der Waals surface area contributed by atoms with Gasteiger partial charge in [0.25, 0.3) is 0 Å². The molecule has 0 aliphatic rings. The molecule has 26 heavy (non-hydrogen) atoms. The molecular formula is C24H36ClP. The second-order valence-corrected chi connectivity index (χ2v) is 17.8. The molecule has 0 N–H and O–H groups in total. The third-order valence-electron chi connectivity index (χ3n) is 5.17. The molecule has 0 atom stereocenters. The van der Waals surface area contributed by atoms with Crippen molar-refractivity contribution in [1.82, 2.24) is 0 Å². The van der Waals surface area contributed by atoms with E-state index in [0.29, 0.717) is 0 Å². The number of unbranched alkanes of at least 4 members (excludes halogenated alkanes) is 6. The normalized spacial score (nSPS) is 13.3. The average molecular weight is 391 g/mol. The first-order valence-electron chi connectivity index (χ1n) is 10.2. The Morgan fingerprint density at radius 2 is 1.08 bits per heavy atom. The summed E-state index contributed by atoms with van der Waals surface area (Å²) in [5.74, 6) is -2.06. The van der Waals surface area contributed by atoms with Gasteiger partial charge in [0.05, 0.1) is 0 Å². The van der Waals surface area contributed by atoms with Crippen LogP contribution in [0.15, 0.2) is 60.7 Å². The Bertz CT molecular complexity index is 613. The van der Waals surface area contributed by atoms with Gasteiger partial charge in [-0.3, -0.25) is 0 Å². The standard InChI is InChI=1S/C24H36ClP/c1-26(2,25,22-24-19-13-9-14-20-24)21-15-7-5-3-4-6-10-16-23-17-11-8-12-18-23/h8-9,11-14,17-20H,3-7,10,15-16,21-22H2,1-2H3. The van der Waals surface area contributed by atoms with Gasteiger partial charge in [-0.25, -0.2) is 0 Å². The minimum absolute atomic E-state index is 1.06. The van der Waals surface area contributed by atoms with Gasteiger partial charge in [-0.1, -0.05) is 6.07 Å². The van der Waals surface area contributed by atoms with E-state index in [2.05, 4.69) is 74.0 Å². The Labute approximate surface area is 166 Å². The van der Waals surface area contributed by atoms with E-state index in [4.69, 9.17) is 11.2 Å². The van der Waals surface area contributed by atoms with Crippen molar-refractivity contribution in [1.29, 1.82) is 0 Å². The SMILES string of the molecule is CP(C)(Cl)(CCCCCCCCCc1ccccc1)Cc1ccccc1. The zero-order valence-corrected chi connectivity index (χ0v) is 18.3. The molecule has 2 aromatic rings. The van der Waals surface area contributed by atoms with Gasteiger partial charge < -0.3 is 0 Å². The van der Waals surface area contributed by atoms with Crippen molar-refractivity contribution in [3.8, 4) is 0 Å². The van der Waals surface area contributed by atoms with Crippen LogP contribution in [0.3, 0.4) is 0 Å². The third kappa shape index (κ3) is 9.20. The predicted molar refractivity (Wildman–Crippen MR) is 122 cm³/mol. The molecule has 0 unspecified atom stereocenters. The molecule has 0 aliphatic heterocycles. The summed E-state index contributed by atoms with van der Waals surface area (Å²) in [4.78, 5) is 0. The van der Waals surface area contributed by atoms with Crippen LogP contribution in [0.2, 0.25) is 0 Å². The van der Waals surface area contributed by atoms with Crippen LogP contribution in [-0.4, -0.2) is 19.5 Å². The molecule has 0 nitrogen and oxygen atoms in total. The Hall–Kier alpha value is -0.840. The summed E-state index contributed by atoms with van der Waals surface area (Å²) in [6.45, 7) is 4.67. The Morgan fingerprint density at radius 1 is 0.615 bits per heavy atom. The molecule has 0 aliphatic carbocycles. The van der Waals surface area contributed by atoms with Crippen LogP contribution in [0.5, 0.6) is 0 Å². The summed E-state index contributed by atoms with van der Waals surface area (Å²) >= 11 is 7.10. The van der Waals surface area contributed by atoms with Crippen molar-refractivity contribution in [2.24, 2.45) is 0 Å². The van der Waals surface area contributed by atoms with Gasteiger partial charge in [0.2, 0.25) is 0 Å². The molecule has 0 aromatic heterocycles. The number of benzene rings is 2. The Morgan fingerprint density at radius 3 is 1.65 bits per heavy atom. The van der Waals surface area contributed by atoms with E-state index in [1.165, 1.54) is 68.7 Å². The molecule has 0 spiro atoms. The van der Waals surface area contributed by atoms with Crippen LogP contribution < -0.4 is 0 Å². The molecule has 2 aromatic carbocycles. The summed E-state index contributed by atoms with van der Waals surface area (Å²) in [6.07, 6.45) is 12.9. The van der Waals surface area contributed by atoms with Gasteiger partial charge in [-0.05, 0) is 0 Å². The first-order chi connectivity index (χ1) is 12.4. The molecule has 2 rings (SSSR count). The molecule has 0 heterocycles. The number of rotatable bonds is 12. The van der Waals surface area contributed by atoms with Gasteiger partial charge in [0, 0.05) is 0 Å². The van der Waals surface area contributed by atoms with Gasteiger partial charge in [-0.15, -0.1) is 0 Å².